The predicted molar refractivity (Wildman–Crippen MR) is 96.3 cm³/mol. The number of carbonyl (C=O) groups excluding carboxylic acids is 1. The van der Waals surface area contributed by atoms with Crippen LogP contribution in [0.1, 0.15) is 27.0 Å². The third-order valence-electron chi connectivity index (χ3n) is 4.04. The fourth-order valence-corrected chi connectivity index (χ4v) is 2.70. The van der Waals surface area contributed by atoms with Crippen molar-refractivity contribution >= 4 is 11.5 Å². The zero-order valence-electron chi connectivity index (χ0n) is 13.1. The highest BCUT2D eigenvalue weighted by atomic mass is 16.1. The van der Waals surface area contributed by atoms with Crippen LogP contribution in [-0.2, 0) is 5.66 Å². The van der Waals surface area contributed by atoms with Crippen molar-refractivity contribution in [2.45, 2.75) is 5.66 Å². The molecule has 3 aromatic carbocycles. The second-order valence-electron chi connectivity index (χ2n) is 5.73. The fraction of sp³-hybridized carbons (Fsp3) is 0.0500. The lowest BCUT2D eigenvalue weighted by Gasteiger charge is -2.27. The van der Waals surface area contributed by atoms with Gasteiger partial charge in [0.25, 0.3) is 0 Å². The second kappa shape index (κ2) is 6.28. The van der Waals surface area contributed by atoms with E-state index in [0.29, 0.717) is 22.4 Å². The van der Waals surface area contributed by atoms with Gasteiger partial charge >= 0.3 is 0 Å². The molecule has 4 nitrogen and oxygen atoms in total. The van der Waals surface area contributed by atoms with Gasteiger partial charge in [-0.05, 0) is 29.8 Å². The van der Waals surface area contributed by atoms with Gasteiger partial charge in [0.05, 0.1) is 0 Å². The van der Waals surface area contributed by atoms with E-state index in [2.05, 4.69) is 0 Å². The van der Waals surface area contributed by atoms with E-state index in [1.165, 1.54) is 0 Å². The number of carbonyl (C=O) groups is 1. The standard InChI is InChI=1S/C20H19N3O/c21-16-12-10-14(11-13-16)19(24)17-8-4-5-9-18(17)20(22,23)15-6-2-1-3-7-15/h1-13H,21-23H2. The predicted octanol–water partition coefficient (Wildman–Crippen LogP) is 2.62. The Hall–Kier alpha value is -2.95. The average Bonchev–Trinajstić information content (AvgIpc) is 2.62. The summed E-state index contributed by atoms with van der Waals surface area (Å²) in [5.41, 5.74) is 20.2. The molecule has 4 heteroatoms. The van der Waals surface area contributed by atoms with E-state index in [1.807, 2.05) is 36.4 Å². The third-order valence-corrected chi connectivity index (χ3v) is 4.04. The molecule has 0 saturated heterocycles. The maximum Gasteiger partial charge on any atom is 0.193 e. The number of anilines is 1. The largest absolute Gasteiger partial charge is 0.399 e. The highest BCUT2D eigenvalue weighted by molar-refractivity contribution is 6.10. The number of nitrogens with two attached hydrogens (primary N) is 3. The van der Waals surface area contributed by atoms with Gasteiger partial charge < -0.3 is 17.2 Å². The topological polar surface area (TPSA) is 95.1 Å². The quantitative estimate of drug-likeness (QED) is 0.391. The molecule has 0 aliphatic heterocycles. The SMILES string of the molecule is Nc1ccc(C(=O)c2ccccc2C(N)(N)c2ccccc2)cc1. The molecule has 0 radical (unpaired) electrons. The summed E-state index contributed by atoms with van der Waals surface area (Å²) in [6.45, 7) is 0. The molecular formula is C20H19N3O. The van der Waals surface area contributed by atoms with Crippen molar-refractivity contribution in [1.29, 1.82) is 0 Å². The van der Waals surface area contributed by atoms with Crippen LogP contribution in [0.15, 0.2) is 78.9 Å². The van der Waals surface area contributed by atoms with Crippen molar-refractivity contribution in [3.8, 4) is 0 Å². The Morgan fingerprint density at radius 1 is 0.750 bits per heavy atom. The molecule has 0 fully saturated rings. The van der Waals surface area contributed by atoms with E-state index in [9.17, 15) is 4.79 Å². The van der Waals surface area contributed by atoms with Gasteiger partial charge in [-0.25, -0.2) is 0 Å². The van der Waals surface area contributed by atoms with Crippen LogP contribution in [0.5, 0.6) is 0 Å². The number of nitrogen functional groups attached to an aromatic ring is 1. The summed E-state index contributed by atoms with van der Waals surface area (Å²) < 4.78 is 0. The highest BCUT2D eigenvalue weighted by Gasteiger charge is 2.29. The molecule has 24 heavy (non-hydrogen) atoms. The molecule has 0 aromatic heterocycles. The Balaban J connectivity index is 2.08. The highest BCUT2D eigenvalue weighted by Crippen LogP contribution is 2.26. The number of hydrogen-bond acceptors (Lipinski definition) is 4. The third kappa shape index (κ3) is 2.93. The monoisotopic (exact) mass is 317 g/mol. The van der Waals surface area contributed by atoms with Crippen LogP contribution in [0.4, 0.5) is 5.69 Å². The minimum atomic E-state index is -1.26. The number of rotatable bonds is 4. The first-order valence-corrected chi connectivity index (χ1v) is 7.63. The molecule has 3 aromatic rings. The van der Waals surface area contributed by atoms with Crippen molar-refractivity contribution in [3.63, 3.8) is 0 Å². The Bertz CT molecular complexity index is 856. The minimum absolute atomic E-state index is 0.137. The molecule has 3 rings (SSSR count). The van der Waals surface area contributed by atoms with Crippen molar-refractivity contribution < 1.29 is 4.79 Å². The van der Waals surface area contributed by atoms with Crippen LogP contribution >= 0.6 is 0 Å². The maximum atomic E-state index is 12.9. The summed E-state index contributed by atoms with van der Waals surface area (Å²) in [6, 6.07) is 23.3. The lowest BCUT2D eigenvalue weighted by atomic mass is 9.86. The first-order valence-electron chi connectivity index (χ1n) is 7.63. The van der Waals surface area contributed by atoms with Gasteiger partial charge in [-0.1, -0.05) is 54.6 Å². The molecule has 0 unspecified atom stereocenters. The number of hydrogen-bond donors (Lipinski definition) is 3. The first-order chi connectivity index (χ1) is 11.5. The molecule has 0 amide bonds. The molecule has 0 bridgehead atoms. The van der Waals surface area contributed by atoms with E-state index in [-0.39, 0.29) is 5.78 Å². The van der Waals surface area contributed by atoms with Gasteiger partial charge in [0.2, 0.25) is 0 Å². The maximum absolute atomic E-state index is 12.9. The van der Waals surface area contributed by atoms with Crippen LogP contribution in [0.3, 0.4) is 0 Å². The zero-order valence-corrected chi connectivity index (χ0v) is 13.1. The van der Waals surface area contributed by atoms with Crippen LogP contribution < -0.4 is 17.2 Å². The van der Waals surface area contributed by atoms with Gasteiger partial charge in [0, 0.05) is 22.4 Å². The van der Waals surface area contributed by atoms with Gasteiger partial charge in [-0.15, -0.1) is 0 Å². The first kappa shape index (κ1) is 15.9. The summed E-state index contributed by atoms with van der Waals surface area (Å²) >= 11 is 0. The average molecular weight is 317 g/mol. The van der Waals surface area contributed by atoms with Gasteiger partial charge in [0.15, 0.2) is 5.78 Å². The van der Waals surface area contributed by atoms with Crippen molar-refractivity contribution in [3.05, 3.63) is 101 Å². The molecule has 120 valence electrons. The van der Waals surface area contributed by atoms with E-state index in [4.69, 9.17) is 17.2 Å². The molecule has 0 aliphatic carbocycles. The Morgan fingerprint density at radius 2 is 1.33 bits per heavy atom. The van der Waals surface area contributed by atoms with Crippen LogP contribution in [0, 0.1) is 0 Å². The van der Waals surface area contributed by atoms with Crippen molar-refractivity contribution in [2.75, 3.05) is 5.73 Å². The molecular weight excluding hydrogens is 298 g/mol. The smallest absolute Gasteiger partial charge is 0.193 e. The van der Waals surface area contributed by atoms with Crippen LogP contribution in [0.2, 0.25) is 0 Å². The van der Waals surface area contributed by atoms with Crippen molar-refractivity contribution in [1.82, 2.24) is 0 Å². The van der Waals surface area contributed by atoms with Crippen molar-refractivity contribution in [2.24, 2.45) is 11.5 Å². The fourth-order valence-electron chi connectivity index (χ4n) is 2.70. The molecule has 0 heterocycles. The lowest BCUT2D eigenvalue weighted by Crippen LogP contribution is -2.48. The van der Waals surface area contributed by atoms with E-state index >= 15 is 0 Å². The van der Waals surface area contributed by atoms with E-state index in [1.54, 1.807) is 42.5 Å². The Labute approximate surface area is 140 Å². The van der Waals surface area contributed by atoms with E-state index in [0.717, 1.165) is 5.56 Å². The summed E-state index contributed by atoms with van der Waals surface area (Å²) in [6.07, 6.45) is 0. The molecule has 0 spiro atoms. The molecule has 0 aliphatic rings. The zero-order chi connectivity index (χ0) is 17.2. The van der Waals surface area contributed by atoms with Crippen LogP contribution in [0.25, 0.3) is 0 Å². The minimum Gasteiger partial charge on any atom is -0.399 e. The Morgan fingerprint density at radius 3 is 2.00 bits per heavy atom. The van der Waals surface area contributed by atoms with Gasteiger partial charge in [-0.2, -0.15) is 0 Å². The molecule has 0 saturated carbocycles. The Kier molecular flexibility index (Phi) is 4.16. The number of benzene rings is 3. The summed E-state index contributed by atoms with van der Waals surface area (Å²) in [5.74, 6) is -0.137. The summed E-state index contributed by atoms with van der Waals surface area (Å²) in [5, 5.41) is 0. The summed E-state index contributed by atoms with van der Waals surface area (Å²) in [4.78, 5) is 12.9. The molecule has 6 N–H and O–H groups in total. The van der Waals surface area contributed by atoms with E-state index < -0.39 is 5.66 Å². The lowest BCUT2D eigenvalue weighted by molar-refractivity contribution is 0.103. The van der Waals surface area contributed by atoms with Gasteiger partial charge in [-0.3, -0.25) is 4.79 Å². The summed E-state index contributed by atoms with van der Waals surface area (Å²) in [7, 11) is 0. The normalized spacial score (nSPS) is 11.2. The van der Waals surface area contributed by atoms with Crippen LogP contribution in [-0.4, -0.2) is 5.78 Å². The second-order valence-corrected chi connectivity index (χ2v) is 5.73. The van der Waals surface area contributed by atoms with Gasteiger partial charge in [0.1, 0.15) is 5.66 Å². The number of ketones is 1. The molecule has 0 atom stereocenters.